The minimum absolute atomic E-state index is 0. The number of amides is 1. The number of hydrogen-bond donors (Lipinski definition) is 1. The Morgan fingerprint density at radius 3 is 2.55 bits per heavy atom. The van der Waals surface area contributed by atoms with E-state index >= 15 is 0 Å². The molecule has 0 bridgehead atoms. The van der Waals surface area contributed by atoms with Crippen molar-refractivity contribution in [2.75, 3.05) is 13.4 Å². The molecule has 0 fully saturated rings. The molecule has 1 heterocycles. The number of nitrogens with zero attached hydrogens (tertiary/aromatic N) is 1. The van der Waals surface area contributed by atoms with Crippen molar-refractivity contribution < 1.29 is 63.3 Å². The van der Waals surface area contributed by atoms with E-state index in [9.17, 15) is 14.4 Å². The molecule has 1 unspecified atom stereocenters. The maximum atomic E-state index is 13.4. The van der Waals surface area contributed by atoms with Gasteiger partial charge in [0.25, 0.3) is 0 Å². The average molecular weight is 562 g/mol. The number of carbonyl (C=O) groups excluding carboxylic acids is 2. The number of fused-ring (bicyclic) bond motifs is 1. The summed E-state index contributed by atoms with van der Waals surface area (Å²) >= 11 is 0. The number of para-hydroxylation sites is 1. The Balaban J connectivity index is 0.00000560. The van der Waals surface area contributed by atoms with Gasteiger partial charge in [0.1, 0.15) is 6.42 Å². The summed E-state index contributed by atoms with van der Waals surface area (Å²) in [6.07, 6.45) is 4.84. The molecule has 40 heavy (non-hydrogen) atoms. The molecule has 8 nitrogen and oxygen atoms in total. The van der Waals surface area contributed by atoms with Crippen LogP contribution in [0.2, 0.25) is 0 Å². The Hall–Kier alpha value is -2.55. The van der Waals surface area contributed by atoms with Crippen molar-refractivity contribution in [2.45, 2.75) is 90.4 Å². The van der Waals surface area contributed by atoms with Crippen LogP contribution in [0.25, 0.3) is 5.32 Å². The van der Waals surface area contributed by atoms with Crippen molar-refractivity contribution in [3.63, 3.8) is 0 Å². The van der Waals surface area contributed by atoms with Gasteiger partial charge in [-0.25, -0.2) is 0 Å². The van der Waals surface area contributed by atoms with Gasteiger partial charge in [0.15, 0.2) is 11.5 Å². The van der Waals surface area contributed by atoms with Gasteiger partial charge in [-0.15, -0.1) is 5.69 Å². The molecule has 212 valence electrons. The van der Waals surface area contributed by atoms with Crippen LogP contribution in [0.4, 0.5) is 5.69 Å². The van der Waals surface area contributed by atoms with Gasteiger partial charge in [-0.2, -0.15) is 0 Å². The van der Waals surface area contributed by atoms with Crippen LogP contribution in [0.3, 0.4) is 0 Å². The molecule has 2 aromatic carbocycles. The second kappa shape index (κ2) is 16.0. The summed E-state index contributed by atoms with van der Waals surface area (Å²) in [5.74, 6) is -0.716. The van der Waals surface area contributed by atoms with Crippen LogP contribution < -0.4 is 39.0 Å². The van der Waals surface area contributed by atoms with E-state index in [4.69, 9.17) is 19.3 Å². The number of unbranched alkanes of at least 4 members (excludes halogenated alkanes) is 2. The van der Waals surface area contributed by atoms with Crippen LogP contribution in [0.5, 0.6) is 11.5 Å². The van der Waals surface area contributed by atoms with Gasteiger partial charge in [0.2, 0.25) is 6.79 Å². The third-order valence-corrected chi connectivity index (χ3v) is 6.73. The van der Waals surface area contributed by atoms with Crippen molar-refractivity contribution in [3.05, 3.63) is 58.4 Å². The summed E-state index contributed by atoms with van der Waals surface area (Å²) in [5.41, 5.74) is 3.38. The van der Waals surface area contributed by atoms with E-state index in [0.717, 1.165) is 48.1 Å². The molecule has 1 atom stereocenters. The minimum Gasteiger partial charge on any atom is -0.627 e. The summed E-state index contributed by atoms with van der Waals surface area (Å²) in [4.78, 5) is 35.5. The zero-order valence-electron chi connectivity index (χ0n) is 24.5. The second-order valence-corrected chi connectivity index (χ2v) is 11.0. The van der Waals surface area contributed by atoms with Crippen LogP contribution in [0.1, 0.15) is 95.2 Å². The van der Waals surface area contributed by atoms with Crippen molar-refractivity contribution in [3.8, 4) is 11.5 Å². The number of esters is 1. The predicted octanol–water partition coefficient (Wildman–Crippen LogP) is 3.95. The molecule has 3 rings (SSSR count). The van der Waals surface area contributed by atoms with Crippen LogP contribution in [-0.4, -0.2) is 36.4 Å². The summed E-state index contributed by atoms with van der Waals surface area (Å²) in [7, 11) is 0. The van der Waals surface area contributed by atoms with Crippen LogP contribution in [-0.2, 0) is 31.0 Å². The molecule has 0 spiro atoms. The first kappa shape index (κ1) is 33.7. The Kier molecular flexibility index (Phi) is 13.5. The van der Waals surface area contributed by atoms with E-state index in [1.807, 2.05) is 36.4 Å². The van der Waals surface area contributed by atoms with Crippen LogP contribution in [0.15, 0.2) is 36.4 Å². The van der Waals surface area contributed by atoms with E-state index in [-0.39, 0.29) is 66.6 Å². The van der Waals surface area contributed by atoms with Crippen molar-refractivity contribution in [1.29, 1.82) is 0 Å². The van der Waals surface area contributed by atoms with E-state index in [0.29, 0.717) is 24.3 Å². The molecule has 0 aliphatic carbocycles. The molecular formula is C31H40NNaO7. The normalized spacial score (nSPS) is 12.8. The van der Waals surface area contributed by atoms with E-state index in [1.165, 1.54) is 0 Å². The Morgan fingerprint density at radius 1 is 1.07 bits per heavy atom. The van der Waals surface area contributed by atoms with Crippen molar-refractivity contribution >= 4 is 23.5 Å². The quantitative estimate of drug-likeness (QED) is 0.161. The number of carboxylic acid groups (broad SMARTS) is 1. The fourth-order valence-electron chi connectivity index (χ4n) is 4.77. The zero-order chi connectivity index (χ0) is 28.4. The first-order valence-corrected chi connectivity index (χ1v) is 13.7. The van der Waals surface area contributed by atoms with Gasteiger partial charge >= 0.3 is 41.5 Å². The van der Waals surface area contributed by atoms with Crippen LogP contribution in [0, 0.1) is 0 Å². The average Bonchev–Trinajstić information content (AvgIpc) is 3.34. The fourth-order valence-corrected chi connectivity index (χ4v) is 4.77. The standard InChI is InChI=1S/C31H41NO7.Na/c1-5-6-7-11-22(23-12-8-13-26-30(23)39-20-38-26)18-27(33)32-25-17-21(14-15-24(25)31(2,3)4)10-9-16-37-29(36)19-28(34)35;/h8,12-15,17,22H,5-7,9-11,16,18-20H2,1-4H3,(H2,32,33,34,35);/q;+1/p-1. The summed E-state index contributed by atoms with van der Waals surface area (Å²) in [6.45, 7) is 8.74. The zero-order valence-corrected chi connectivity index (χ0v) is 26.5. The molecule has 0 radical (unpaired) electrons. The first-order chi connectivity index (χ1) is 18.6. The van der Waals surface area contributed by atoms with E-state index in [1.54, 1.807) is 0 Å². The van der Waals surface area contributed by atoms with E-state index in [2.05, 4.69) is 33.0 Å². The van der Waals surface area contributed by atoms with E-state index < -0.39 is 18.4 Å². The van der Waals surface area contributed by atoms with Gasteiger partial charge < -0.3 is 29.4 Å². The number of aryl methyl sites for hydroxylation is 1. The first-order valence-electron chi connectivity index (χ1n) is 13.7. The molecule has 1 amide bonds. The summed E-state index contributed by atoms with van der Waals surface area (Å²) in [6, 6.07) is 11.8. The molecule has 9 heteroatoms. The smallest absolute Gasteiger partial charge is 0.627 e. The predicted molar refractivity (Wildman–Crippen MR) is 149 cm³/mol. The van der Waals surface area contributed by atoms with Gasteiger partial charge in [0, 0.05) is 5.56 Å². The minimum atomic E-state index is -1.21. The third-order valence-electron chi connectivity index (χ3n) is 6.73. The Bertz CT molecular complexity index is 1160. The van der Waals surface area contributed by atoms with Crippen LogP contribution >= 0.6 is 0 Å². The Morgan fingerprint density at radius 2 is 1.85 bits per heavy atom. The molecule has 1 aliphatic heterocycles. The topological polar surface area (TPSA) is 113 Å². The number of rotatable bonds is 14. The molecule has 0 saturated carbocycles. The number of carboxylic acids is 1. The van der Waals surface area contributed by atoms with Crippen molar-refractivity contribution in [2.24, 2.45) is 0 Å². The fraction of sp³-hybridized carbons (Fsp3) is 0.516. The number of hydrogen-bond acceptors (Lipinski definition) is 6. The third kappa shape index (κ3) is 10.1. The number of benzene rings is 2. The molecule has 0 aromatic heterocycles. The molecular weight excluding hydrogens is 521 g/mol. The number of ether oxygens (including phenoxy) is 3. The van der Waals surface area contributed by atoms with Gasteiger partial charge in [-0.05, 0) is 48.6 Å². The number of carbonyl (C=O) groups is 3. The largest absolute Gasteiger partial charge is 1.00 e. The van der Waals surface area contributed by atoms with Gasteiger partial charge in [0.05, 0.1) is 12.5 Å². The SMILES string of the molecule is CCCCCC(CC(=O)[N-]c1cc(CCCOC(=O)CC(=O)O)ccc1C(C)(C)C)c1cccc2c1OCO2.[Na+]. The second-order valence-electron chi connectivity index (χ2n) is 11.0. The molecule has 2 aromatic rings. The Labute approximate surface area is 259 Å². The maximum absolute atomic E-state index is 13.4. The molecule has 1 N–H and O–H groups in total. The molecule has 0 saturated heterocycles. The van der Waals surface area contributed by atoms with Gasteiger partial charge in [-0.3, -0.25) is 9.59 Å². The molecule has 1 aliphatic rings. The monoisotopic (exact) mass is 561 g/mol. The summed E-state index contributed by atoms with van der Waals surface area (Å²) < 4.78 is 16.3. The van der Waals surface area contributed by atoms with Gasteiger partial charge in [-0.1, -0.05) is 82.9 Å². The maximum Gasteiger partial charge on any atom is 1.00 e. The summed E-state index contributed by atoms with van der Waals surface area (Å²) in [5, 5.41) is 13.3. The van der Waals surface area contributed by atoms with Crippen molar-refractivity contribution in [1.82, 2.24) is 0 Å². The number of aliphatic carboxylic acids is 1.